The molecule has 0 radical (unpaired) electrons. The van der Waals surface area contributed by atoms with Crippen molar-refractivity contribution in [3.05, 3.63) is 30.5 Å². The number of rotatable bonds is 7. The van der Waals surface area contributed by atoms with Gasteiger partial charge < -0.3 is 19.7 Å². The Morgan fingerprint density at radius 3 is 3.04 bits per heavy atom. The predicted octanol–water partition coefficient (Wildman–Crippen LogP) is 1.85. The summed E-state index contributed by atoms with van der Waals surface area (Å²) in [6.07, 6.45) is 3.17. The molecular formula is C19H27N3O3. The first-order chi connectivity index (χ1) is 12.2. The average Bonchev–Trinajstić information content (AvgIpc) is 3.01. The first-order valence-electron chi connectivity index (χ1n) is 9.04. The second kappa shape index (κ2) is 8.36. The van der Waals surface area contributed by atoms with Crippen LogP contribution in [0.1, 0.15) is 19.8 Å². The Bertz CT molecular complexity index is 700. The lowest BCUT2D eigenvalue weighted by Crippen LogP contribution is -2.41. The van der Waals surface area contributed by atoms with Crippen LogP contribution in [0.25, 0.3) is 10.9 Å². The zero-order valence-electron chi connectivity index (χ0n) is 14.8. The highest BCUT2D eigenvalue weighted by molar-refractivity contribution is 5.85. The number of H-pyrrole nitrogens is 1. The van der Waals surface area contributed by atoms with Crippen LogP contribution >= 0.6 is 0 Å². The maximum Gasteiger partial charge on any atom is 0.236 e. The lowest BCUT2D eigenvalue weighted by Gasteiger charge is -2.23. The molecule has 6 heteroatoms. The predicted molar refractivity (Wildman–Crippen MR) is 97.7 cm³/mol. The third kappa shape index (κ3) is 4.52. The molecule has 0 aliphatic carbocycles. The van der Waals surface area contributed by atoms with E-state index >= 15 is 0 Å². The number of benzene rings is 1. The van der Waals surface area contributed by atoms with Gasteiger partial charge in [-0.2, -0.15) is 0 Å². The third-order valence-corrected chi connectivity index (χ3v) is 4.56. The molecule has 136 valence electrons. The molecule has 0 spiro atoms. The highest BCUT2D eigenvalue weighted by Gasteiger charge is 2.22. The van der Waals surface area contributed by atoms with Crippen molar-refractivity contribution in [3.63, 3.8) is 0 Å². The van der Waals surface area contributed by atoms with Crippen LogP contribution < -0.4 is 4.74 Å². The van der Waals surface area contributed by atoms with Crippen LogP contribution in [0.4, 0.5) is 0 Å². The number of aromatic amines is 1. The summed E-state index contributed by atoms with van der Waals surface area (Å²) in [5.41, 5.74) is 1.01. The fourth-order valence-electron chi connectivity index (χ4n) is 3.36. The quantitative estimate of drug-likeness (QED) is 0.804. The van der Waals surface area contributed by atoms with Crippen molar-refractivity contribution in [1.29, 1.82) is 0 Å². The van der Waals surface area contributed by atoms with Gasteiger partial charge in [0.15, 0.2) is 0 Å². The standard InChI is InChI=1S/C19H27N3O3/c1-2-9-22-11-4-10-21(13-19(22)24)12-15(23)14-25-18-6-3-5-17-16(18)7-8-20-17/h3,5-8,15,20,23H,2,4,9-14H2,1H3/t15-/m0/s1. The van der Waals surface area contributed by atoms with E-state index in [0.717, 1.165) is 49.1 Å². The molecule has 1 amide bonds. The van der Waals surface area contributed by atoms with Crippen molar-refractivity contribution in [2.45, 2.75) is 25.9 Å². The molecule has 2 N–H and O–H groups in total. The van der Waals surface area contributed by atoms with E-state index < -0.39 is 6.10 Å². The van der Waals surface area contributed by atoms with Crippen LogP contribution in [0.5, 0.6) is 5.75 Å². The maximum absolute atomic E-state index is 12.3. The van der Waals surface area contributed by atoms with Crippen molar-refractivity contribution in [3.8, 4) is 5.75 Å². The van der Waals surface area contributed by atoms with Gasteiger partial charge in [0, 0.05) is 43.3 Å². The molecule has 3 rings (SSSR count). The smallest absolute Gasteiger partial charge is 0.236 e. The molecule has 25 heavy (non-hydrogen) atoms. The molecule has 6 nitrogen and oxygen atoms in total. The lowest BCUT2D eigenvalue weighted by molar-refractivity contribution is -0.131. The van der Waals surface area contributed by atoms with E-state index in [1.165, 1.54) is 0 Å². The van der Waals surface area contributed by atoms with Crippen molar-refractivity contribution in [2.75, 3.05) is 39.3 Å². The van der Waals surface area contributed by atoms with Crippen LogP contribution in [0.15, 0.2) is 30.5 Å². The van der Waals surface area contributed by atoms with Crippen LogP contribution in [0.3, 0.4) is 0 Å². The number of amides is 1. The summed E-state index contributed by atoms with van der Waals surface area (Å²) in [5.74, 6) is 0.920. The number of β-amino-alcohol motifs (C(OH)–C–C–N with tert-alkyl or cyclic N) is 1. The number of fused-ring (bicyclic) bond motifs is 1. The minimum absolute atomic E-state index is 0.157. The lowest BCUT2D eigenvalue weighted by atomic mass is 10.2. The average molecular weight is 345 g/mol. The number of ether oxygens (including phenoxy) is 1. The van der Waals surface area contributed by atoms with Gasteiger partial charge in [0.2, 0.25) is 5.91 Å². The SMILES string of the molecule is CCCN1CCCN(C[C@H](O)COc2cccc3[nH]ccc23)CC1=O. The Balaban J connectivity index is 1.51. The summed E-state index contributed by atoms with van der Waals surface area (Å²) in [6, 6.07) is 7.79. The van der Waals surface area contributed by atoms with Gasteiger partial charge in [-0.1, -0.05) is 13.0 Å². The van der Waals surface area contributed by atoms with Crippen LogP contribution in [-0.2, 0) is 4.79 Å². The van der Waals surface area contributed by atoms with Gasteiger partial charge in [-0.15, -0.1) is 0 Å². The molecule has 0 bridgehead atoms. The van der Waals surface area contributed by atoms with Gasteiger partial charge in [-0.25, -0.2) is 0 Å². The van der Waals surface area contributed by atoms with Gasteiger partial charge >= 0.3 is 0 Å². The number of carbonyl (C=O) groups is 1. The summed E-state index contributed by atoms with van der Waals surface area (Å²) in [6.45, 7) is 5.59. The molecule has 2 aromatic rings. The molecule has 1 aliphatic rings. The number of nitrogens with zero attached hydrogens (tertiary/aromatic N) is 2. The zero-order chi connectivity index (χ0) is 17.6. The van der Waals surface area contributed by atoms with Gasteiger partial charge in [0.05, 0.1) is 6.54 Å². The Hall–Kier alpha value is -2.05. The fraction of sp³-hybridized carbons (Fsp3) is 0.526. The van der Waals surface area contributed by atoms with Gasteiger partial charge in [0.25, 0.3) is 0 Å². The normalized spacial score (nSPS) is 17.7. The van der Waals surface area contributed by atoms with E-state index in [1.807, 2.05) is 40.3 Å². The molecule has 0 unspecified atom stereocenters. The minimum atomic E-state index is -0.625. The first-order valence-corrected chi connectivity index (χ1v) is 9.04. The second-order valence-corrected chi connectivity index (χ2v) is 6.63. The van der Waals surface area contributed by atoms with E-state index in [2.05, 4.69) is 11.9 Å². The molecule has 2 heterocycles. The molecule has 0 saturated carbocycles. The van der Waals surface area contributed by atoms with Crippen LogP contribution in [0, 0.1) is 0 Å². The highest BCUT2D eigenvalue weighted by atomic mass is 16.5. The van der Waals surface area contributed by atoms with Crippen molar-refractivity contribution < 1.29 is 14.6 Å². The number of aromatic nitrogens is 1. The summed E-state index contributed by atoms with van der Waals surface area (Å²) < 4.78 is 5.81. The molecule has 1 fully saturated rings. The third-order valence-electron chi connectivity index (χ3n) is 4.56. The van der Waals surface area contributed by atoms with E-state index in [-0.39, 0.29) is 12.5 Å². The topological polar surface area (TPSA) is 68.8 Å². The molecule has 1 aliphatic heterocycles. The van der Waals surface area contributed by atoms with Gasteiger partial charge in [-0.3, -0.25) is 9.69 Å². The van der Waals surface area contributed by atoms with Crippen molar-refractivity contribution >= 4 is 16.8 Å². The Morgan fingerprint density at radius 1 is 1.32 bits per heavy atom. The summed E-state index contributed by atoms with van der Waals surface area (Å²) >= 11 is 0. The van der Waals surface area contributed by atoms with E-state index in [9.17, 15) is 9.90 Å². The monoisotopic (exact) mass is 345 g/mol. The van der Waals surface area contributed by atoms with Crippen molar-refractivity contribution in [2.24, 2.45) is 0 Å². The maximum atomic E-state index is 12.3. The summed E-state index contributed by atoms with van der Waals surface area (Å²) in [5, 5.41) is 11.3. The summed E-state index contributed by atoms with van der Waals surface area (Å²) in [4.78, 5) is 19.4. The Labute approximate surface area is 148 Å². The first kappa shape index (κ1) is 17.8. The van der Waals surface area contributed by atoms with Gasteiger partial charge in [-0.05, 0) is 31.0 Å². The van der Waals surface area contributed by atoms with E-state index in [4.69, 9.17) is 4.74 Å². The number of aliphatic hydroxyl groups excluding tert-OH is 1. The van der Waals surface area contributed by atoms with Crippen molar-refractivity contribution in [1.82, 2.24) is 14.8 Å². The largest absolute Gasteiger partial charge is 0.490 e. The molecule has 1 saturated heterocycles. The number of hydrogen-bond acceptors (Lipinski definition) is 4. The summed E-state index contributed by atoms with van der Waals surface area (Å²) in [7, 11) is 0. The number of aliphatic hydroxyl groups is 1. The number of hydrogen-bond donors (Lipinski definition) is 2. The second-order valence-electron chi connectivity index (χ2n) is 6.63. The zero-order valence-corrected chi connectivity index (χ0v) is 14.8. The van der Waals surface area contributed by atoms with E-state index in [1.54, 1.807) is 0 Å². The van der Waals surface area contributed by atoms with E-state index in [0.29, 0.717) is 13.1 Å². The molecule has 1 aromatic carbocycles. The number of nitrogens with one attached hydrogen (secondary N) is 1. The fourth-order valence-corrected chi connectivity index (χ4v) is 3.36. The van der Waals surface area contributed by atoms with Gasteiger partial charge in [0.1, 0.15) is 18.5 Å². The Morgan fingerprint density at radius 2 is 2.20 bits per heavy atom. The van der Waals surface area contributed by atoms with Crippen LogP contribution in [-0.4, -0.2) is 71.2 Å². The molecule has 1 atom stereocenters. The highest BCUT2D eigenvalue weighted by Crippen LogP contribution is 2.24. The van der Waals surface area contributed by atoms with Crippen LogP contribution in [0.2, 0.25) is 0 Å². The molecule has 1 aromatic heterocycles. The number of carbonyl (C=O) groups excluding carboxylic acids is 1. The Kier molecular flexibility index (Phi) is 5.94. The molecular weight excluding hydrogens is 318 g/mol. The minimum Gasteiger partial charge on any atom is -0.490 e.